The highest BCUT2D eigenvalue weighted by atomic mass is 79.9. The molecule has 3 N–H and O–H groups in total. The van der Waals surface area contributed by atoms with E-state index in [1.807, 2.05) is 26.0 Å². The number of nitrogens with one attached hydrogen (secondary N) is 1. The van der Waals surface area contributed by atoms with Gasteiger partial charge in [0.1, 0.15) is 0 Å². The number of rotatable bonds is 6. The van der Waals surface area contributed by atoms with Crippen LogP contribution in [0.3, 0.4) is 0 Å². The van der Waals surface area contributed by atoms with Gasteiger partial charge in [-0.15, -0.1) is 0 Å². The van der Waals surface area contributed by atoms with E-state index in [4.69, 9.17) is 0 Å². The number of aliphatic hydroxyl groups excluding tert-OH is 2. The quantitative estimate of drug-likeness (QED) is 0.753. The van der Waals surface area contributed by atoms with Gasteiger partial charge in [-0.25, -0.2) is 0 Å². The van der Waals surface area contributed by atoms with Crippen LogP contribution in [0.15, 0.2) is 22.7 Å². The van der Waals surface area contributed by atoms with E-state index in [2.05, 4.69) is 27.3 Å². The summed E-state index contributed by atoms with van der Waals surface area (Å²) < 4.78 is 1.08. The van der Waals surface area contributed by atoms with Gasteiger partial charge in [0, 0.05) is 11.0 Å². The van der Waals surface area contributed by atoms with Gasteiger partial charge in [-0.3, -0.25) is 0 Å². The van der Waals surface area contributed by atoms with Gasteiger partial charge in [0.15, 0.2) is 0 Å². The monoisotopic (exact) mass is 301 g/mol. The summed E-state index contributed by atoms with van der Waals surface area (Å²) in [5.41, 5.74) is 1.74. The molecule has 0 aliphatic carbocycles. The normalized spacial score (nSPS) is 11.8. The van der Waals surface area contributed by atoms with Gasteiger partial charge in [-0.05, 0) is 30.5 Å². The minimum absolute atomic E-state index is 0.0625. The molecular formula is C13H20BrNO2. The van der Waals surface area contributed by atoms with Gasteiger partial charge >= 0.3 is 0 Å². The fraction of sp³-hybridized carbons (Fsp3) is 0.538. The van der Waals surface area contributed by atoms with Crippen molar-refractivity contribution in [2.24, 2.45) is 0 Å². The molecular weight excluding hydrogens is 282 g/mol. The van der Waals surface area contributed by atoms with E-state index in [1.54, 1.807) is 0 Å². The van der Waals surface area contributed by atoms with E-state index >= 15 is 0 Å². The molecule has 1 aromatic rings. The molecule has 0 radical (unpaired) electrons. The third-order valence-corrected chi connectivity index (χ3v) is 4.04. The molecule has 1 aromatic carbocycles. The van der Waals surface area contributed by atoms with E-state index in [0.717, 1.165) is 10.0 Å². The highest BCUT2D eigenvalue weighted by molar-refractivity contribution is 9.10. The number of hydrogen-bond acceptors (Lipinski definition) is 3. The van der Waals surface area contributed by atoms with Crippen LogP contribution in [-0.2, 0) is 6.54 Å². The summed E-state index contributed by atoms with van der Waals surface area (Å²) in [5.74, 6) is 0. The SMILES string of the molecule is CCC(CO)(CO)NCc1ccc(C)c(Br)c1. The molecule has 0 saturated heterocycles. The molecule has 0 saturated carbocycles. The average molecular weight is 302 g/mol. The van der Waals surface area contributed by atoms with Crippen molar-refractivity contribution in [3.8, 4) is 0 Å². The molecule has 0 fully saturated rings. The molecule has 0 atom stereocenters. The molecule has 3 nitrogen and oxygen atoms in total. The third-order valence-electron chi connectivity index (χ3n) is 3.19. The molecule has 1 rings (SSSR count). The molecule has 4 heteroatoms. The van der Waals surface area contributed by atoms with Crippen LogP contribution in [0, 0.1) is 6.92 Å². The Morgan fingerprint density at radius 3 is 2.41 bits per heavy atom. The standard InChI is InChI=1S/C13H20BrNO2/c1-3-13(8-16,9-17)15-7-11-5-4-10(2)12(14)6-11/h4-6,15-17H,3,7-9H2,1-2H3. The number of hydrogen-bond donors (Lipinski definition) is 3. The first-order valence-electron chi connectivity index (χ1n) is 5.78. The minimum Gasteiger partial charge on any atom is -0.394 e. The van der Waals surface area contributed by atoms with Crippen LogP contribution in [-0.4, -0.2) is 29.0 Å². The lowest BCUT2D eigenvalue weighted by molar-refractivity contribution is 0.0864. The highest BCUT2D eigenvalue weighted by Gasteiger charge is 2.25. The lowest BCUT2D eigenvalue weighted by atomic mass is 9.98. The minimum atomic E-state index is -0.586. The van der Waals surface area contributed by atoms with Crippen LogP contribution in [0.1, 0.15) is 24.5 Å². The number of halogens is 1. The second-order valence-corrected chi connectivity index (χ2v) is 5.24. The van der Waals surface area contributed by atoms with Gasteiger partial charge in [0.2, 0.25) is 0 Å². The van der Waals surface area contributed by atoms with E-state index in [-0.39, 0.29) is 13.2 Å². The zero-order valence-corrected chi connectivity index (χ0v) is 11.9. The van der Waals surface area contributed by atoms with E-state index in [1.165, 1.54) is 5.56 Å². The molecule has 0 aliphatic heterocycles. The first-order chi connectivity index (χ1) is 8.06. The molecule has 0 unspecified atom stereocenters. The Morgan fingerprint density at radius 2 is 1.94 bits per heavy atom. The Bertz CT molecular complexity index is 356. The van der Waals surface area contributed by atoms with Gasteiger partial charge in [0.25, 0.3) is 0 Å². The maximum atomic E-state index is 9.32. The molecule has 0 aliphatic rings. The Morgan fingerprint density at radius 1 is 1.29 bits per heavy atom. The lowest BCUT2D eigenvalue weighted by Crippen LogP contribution is -2.50. The molecule has 0 amide bonds. The predicted molar refractivity (Wildman–Crippen MR) is 72.9 cm³/mol. The van der Waals surface area contributed by atoms with Crippen LogP contribution in [0.25, 0.3) is 0 Å². The first-order valence-corrected chi connectivity index (χ1v) is 6.58. The topological polar surface area (TPSA) is 52.5 Å². The first kappa shape index (κ1) is 14.6. The van der Waals surface area contributed by atoms with Crippen molar-refractivity contribution in [3.05, 3.63) is 33.8 Å². The van der Waals surface area contributed by atoms with Crippen molar-refractivity contribution in [3.63, 3.8) is 0 Å². The second-order valence-electron chi connectivity index (χ2n) is 4.39. The molecule has 96 valence electrons. The molecule has 0 aromatic heterocycles. The maximum absolute atomic E-state index is 9.32. The van der Waals surface area contributed by atoms with Crippen LogP contribution < -0.4 is 5.32 Å². The summed E-state index contributed by atoms with van der Waals surface area (Å²) in [7, 11) is 0. The highest BCUT2D eigenvalue weighted by Crippen LogP contribution is 2.18. The van der Waals surface area contributed by atoms with Crippen molar-refractivity contribution in [1.82, 2.24) is 5.32 Å². The largest absolute Gasteiger partial charge is 0.394 e. The Balaban J connectivity index is 2.68. The summed E-state index contributed by atoms with van der Waals surface area (Å²) >= 11 is 3.49. The van der Waals surface area contributed by atoms with E-state index < -0.39 is 5.54 Å². The summed E-state index contributed by atoms with van der Waals surface area (Å²) in [4.78, 5) is 0. The number of aryl methyl sites for hydroxylation is 1. The summed E-state index contributed by atoms with van der Waals surface area (Å²) in [6, 6.07) is 6.15. The molecule has 0 bridgehead atoms. The van der Waals surface area contributed by atoms with Gasteiger partial charge in [0.05, 0.1) is 18.8 Å². The zero-order chi connectivity index (χ0) is 12.9. The van der Waals surface area contributed by atoms with Gasteiger partial charge < -0.3 is 15.5 Å². The third kappa shape index (κ3) is 3.78. The van der Waals surface area contributed by atoms with Crippen molar-refractivity contribution >= 4 is 15.9 Å². The van der Waals surface area contributed by atoms with Crippen molar-refractivity contribution in [2.45, 2.75) is 32.4 Å². The Hall–Kier alpha value is -0.420. The lowest BCUT2D eigenvalue weighted by Gasteiger charge is -2.30. The van der Waals surface area contributed by atoms with Gasteiger partial charge in [-0.2, -0.15) is 0 Å². The van der Waals surface area contributed by atoms with Crippen LogP contribution in [0.5, 0.6) is 0 Å². The summed E-state index contributed by atoms with van der Waals surface area (Å²) in [5, 5.41) is 21.9. The summed E-state index contributed by atoms with van der Waals surface area (Å²) in [6.07, 6.45) is 0.688. The van der Waals surface area contributed by atoms with Crippen molar-refractivity contribution in [1.29, 1.82) is 0 Å². The number of aliphatic hydroxyl groups is 2. The van der Waals surface area contributed by atoms with Crippen LogP contribution in [0.4, 0.5) is 0 Å². The average Bonchev–Trinajstić information content (AvgIpc) is 2.36. The van der Waals surface area contributed by atoms with E-state index in [9.17, 15) is 10.2 Å². The predicted octanol–water partition coefficient (Wildman–Crippen LogP) is 1.98. The molecule has 0 spiro atoms. The Kier molecular flexibility index (Phi) is 5.59. The zero-order valence-electron chi connectivity index (χ0n) is 10.3. The van der Waals surface area contributed by atoms with Crippen molar-refractivity contribution in [2.75, 3.05) is 13.2 Å². The van der Waals surface area contributed by atoms with Crippen molar-refractivity contribution < 1.29 is 10.2 Å². The van der Waals surface area contributed by atoms with Gasteiger partial charge in [-0.1, -0.05) is 35.0 Å². The second kappa shape index (κ2) is 6.50. The van der Waals surface area contributed by atoms with Crippen LogP contribution in [0.2, 0.25) is 0 Å². The smallest absolute Gasteiger partial charge is 0.0648 e. The van der Waals surface area contributed by atoms with E-state index in [0.29, 0.717) is 13.0 Å². The van der Waals surface area contributed by atoms with Crippen LogP contribution >= 0.6 is 15.9 Å². The summed E-state index contributed by atoms with van der Waals surface area (Å²) in [6.45, 7) is 4.50. The molecule has 0 heterocycles. The number of benzene rings is 1. The maximum Gasteiger partial charge on any atom is 0.0648 e. The Labute approximate surface area is 111 Å². The molecule has 17 heavy (non-hydrogen) atoms. The fourth-order valence-electron chi connectivity index (χ4n) is 1.55. The fourth-order valence-corrected chi connectivity index (χ4v) is 1.97.